The lowest BCUT2D eigenvalue weighted by molar-refractivity contribution is -0.127. The summed E-state index contributed by atoms with van der Waals surface area (Å²) in [7, 11) is 0. The third-order valence-corrected chi connectivity index (χ3v) is 5.93. The summed E-state index contributed by atoms with van der Waals surface area (Å²) in [6, 6.07) is 16.4. The molecule has 1 saturated heterocycles. The Morgan fingerprint density at radius 1 is 1.10 bits per heavy atom. The van der Waals surface area contributed by atoms with E-state index in [1.54, 1.807) is 6.92 Å². The maximum Gasteiger partial charge on any atom is 0.261 e. The van der Waals surface area contributed by atoms with Gasteiger partial charge in [0.25, 0.3) is 5.91 Å². The molecular weight excluding hydrogens is 360 g/mol. The fraction of sp³-hybridized carbons (Fsp3) is 0.480. The zero-order valence-corrected chi connectivity index (χ0v) is 18.2. The standard InChI is InChI=1S/C25H34N2O2/c1-5-21-8-6-7-9-24(21)29-20(4)25(28)26-19(3)22-10-12-23(13-11-22)27-16-14-18(2)15-17-27/h6-13,18-20H,5,14-17H2,1-4H3,(H,26,28)/t19-,20-/m0/s1. The molecule has 0 spiro atoms. The van der Waals surface area contributed by atoms with E-state index >= 15 is 0 Å². The Hall–Kier alpha value is -2.49. The molecule has 0 unspecified atom stereocenters. The number of rotatable bonds is 7. The number of piperidine rings is 1. The number of anilines is 1. The van der Waals surface area contributed by atoms with Crippen LogP contribution in [0.3, 0.4) is 0 Å². The van der Waals surface area contributed by atoms with Crippen LogP contribution >= 0.6 is 0 Å². The van der Waals surface area contributed by atoms with Crippen LogP contribution in [-0.2, 0) is 11.2 Å². The van der Waals surface area contributed by atoms with E-state index in [0.29, 0.717) is 0 Å². The molecule has 1 fully saturated rings. The van der Waals surface area contributed by atoms with Crippen LogP contribution in [0.4, 0.5) is 5.69 Å². The summed E-state index contributed by atoms with van der Waals surface area (Å²) in [6.45, 7) is 10.5. The van der Waals surface area contributed by atoms with E-state index < -0.39 is 6.10 Å². The number of hydrogen-bond donors (Lipinski definition) is 1. The molecule has 2 atom stereocenters. The van der Waals surface area contributed by atoms with Crippen molar-refractivity contribution in [3.63, 3.8) is 0 Å². The monoisotopic (exact) mass is 394 g/mol. The number of para-hydroxylation sites is 1. The van der Waals surface area contributed by atoms with E-state index in [2.05, 4.69) is 48.3 Å². The molecule has 1 N–H and O–H groups in total. The molecule has 1 heterocycles. The number of hydrogen-bond acceptors (Lipinski definition) is 3. The molecule has 0 aliphatic carbocycles. The number of benzene rings is 2. The molecule has 0 radical (unpaired) electrons. The number of carbonyl (C=O) groups is 1. The van der Waals surface area contributed by atoms with Gasteiger partial charge in [-0.15, -0.1) is 0 Å². The van der Waals surface area contributed by atoms with Crippen LogP contribution in [-0.4, -0.2) is 25.1 Å². The highest BCUT2D eigenvalue weighted by atomic mass is 16.5. The topological polar surface area (TPSA) is 41.6 Å². The van der Waals surface area contributed by atoms with Crippen LogP contribution < -0.4 is 15.0 Å². The first kappa shape index (κ1) is 21.2. The van der Waals surface area contributed by atoms with Gasteiger partial charge in [0.15, 0.2) is 6.10 Å². The SMILES string of the molecule is CCc1ccccc1O[C@@H](C)C(=O)N[C@@H](C)c1ccc(N2CCC(C)CC2)cc1. The number of carbonyl (C=O) groups excluding carboxylic acids is 1. The van der Waals surface area contributed by atoms with Crippen molar-refractivity contribution in [2.75, 3.05) is 18.0 Å². The summed E-state index contributed by atoms with van der Waals surface area (Å²) in [5.41, 5.74) is 3.49. The summed E-state index contributed by atoms with van der Waals surface area (Å²) >= 11 is 0. The second-order valence-electron chi connectivity index (χ2n) is 8.21. The van der Waals surface area contributed by atoms with Crippen LogP contribution in [0.1, 0.15) is 57.7 Å². The second kappa shape index (κ2) is 9.82. The predicted octanol–water partition coefficient (Wildman–Crippen LogP) is 5.13. The third kappa shape index (κ3) is 5.53. The minimum Gasteiger partial charge on any atom is -0.481 e. The van der Waals surface area contributed by atoms with Gasteiger partial charge < -0.3 is 15.0 Å². The maximum absolute atomic E-state index is 12.6. The Kier molecular flexibility index (Phi) is 7.18. The van der Waals surface area contributed by atoms with Crippen molar-refractivity contribution in [2.24, 2.45) is 5.92 Å². The molecule has 3 rings (SSSR count). The normalized spacial score (nSPS) is 16.9. The van der Waals surface area contributed by atoms with Gasteiger partial charge in [-0.3, -0.25) is 4.79 Å². The van der Waals surface area contributed by atoms with Crippen molar-refractivity contribution in [3.8, 4) is 5.75 Å². The largest absolute Gasteiger partial charge is 0.481 e. The highest BCUT2D eigenvalue weighted by Gasteiger charge is 2.20. The van der Waals surface area contributed by atoms with Gasteiger partial charge in [0.2, 0.25) is 0 Å². The van der Waals surface area contributed by atoms with Gasteiger partial charge in [-0.1, -0.05) is 44.2 Å². The number of nitrogens with zero attached hydrogens (tertiary/aromatic N) is 1. The van der Waals surface area contributed by atoms with Crippen molar-refractivity contribution in [1.29, 1.82) is 0 Å². The van der Waals surface area contributed by atoms with Gasteiger partial charge in [0.05, 0.1) is 6.04 Å². The first-order chi connectivity index (χ1) is 14.0. The third-order valence-electron chi connectivity index (χ3n) is 5.93. The highest BCUT2D eigenvalue weighted by Crippen LogP contribution is 2.25. The summed E-state index contributed by atoms with van der Waals surface area (Å²) in [4.78, 5) is 15.1. The summed E-state index contributed by atoms with van der Waals surface area (Å²) < 4.78 is 5.92. The highest BCUT2D eigenvalue weighted by molar-refractivity contribution is 5.81. The Morgan fingerprint density at radius 2 is 1.76 bits per heavy atom. The van der Waals surface area contributed by atoms with E-state index in [-0.39, 0.29) is 11.9 Å². The van der Waals surface area contributed by atoms with E-state index in [1.807, 2.05) is 31.2 Å². The van der Waals surface area contributed by atoms with Crippen LogP contribution in [0.5, 0.6) is 5.75 Å². The van der Waals surface area contributed by atoms with E-state index in [0.717, 1.165) is 42.3 Å². The summed E-state index contributed by atoms with van der Waals surface area (Å²) in [6.07, 6.45) is 2.85. The summed E-state index contributed by atoms with van der Waals surface area (Å²) in [5.74, 6) is 1.51. The molecule has 29 heavy (non-hydrogen) atoms. The average molecular weight is 395 g/mol. The summed E-state index contributed by atoms with van der Waals surface area (Å²) in [5, 5.41) is 3.08. The van der Waals surface area contributed by atoms with Crippen molar-refractivity contribution in [3.05, 3.63) is 59.7 Å². The zero-order valence-electron chi connectivity index (χ0n) is 18.2. The molecule has 0 aromatic heterocycles. The fourth-order valence-electron chi connectivity index (χ4n) is 3.81. The van der Waals surface area contributed by atoms with Gasteiger partial charge in [-0.2, -0.15) is 0 Å². The molecule has 156 valence electrons. The number of aryl methyl sites for hydroxylation is 1. The Bertz CT molecular complexity index is 795. The molecular formula is C25H34N2O2. The van der Waals surface area contributed by atoms with Gasteiger partial charge in [-0.05, 0) is 68.4 Å². The lowest BCUT2D eigenvalue weighted by Crippen LogP contribution is -2.38. The molecule has 4 nitrogen and oxygen atoms in total. The fourth-order valence-corrected chi connectivity index (χ4v) is 3.81. The first-order valence-corrected chi connectivity index (χ1v) is 10.9. The second-order valence-corrected chi connectivity index (χ2v) is 8.21. The van der Waals surface area contributed by atoms with Gasteiger partial charge in [-0.25, -0.2) is 0 Å². The zero-order chi connectivity index (χ0) is 20.8. The maximum atomic E-state index is 12.6. The van der Waals surface area contributed by atoms with E-state index in [4.69, 9.17) is 4.74 Å². The Labute approximate surface area is 175 Å². The van der Waals surface area contributed by atoms with Crippen LogP contribution in [0.2, 0.25) is 0 Å². The van der Waals surface area contributed by atoms with Crippen molar-refractivity contribution in [1.82, 2.24) is 5.32 Å². The predicted molar refractivity (Wildman–Crippen MR) is 120 cm³/mol. The lowest BCUT2D eigenvalue weighted by Gasteiger charge is -2.32. The van der Waals surface area contributed by atoms with Gasteiger partial charge >= 0.3 is 0 Å². The van der Waals surface area contributed by atoms with E-state index in [9.17, 15) is 4.79 Å². The van der Waals surface area contributed by atoms with E-state index in [1.165, 1.54) is 18.5 Å². The van der Waals surface area contributed by atoms with Crippen molar-refractivity contribution >= 4 is 11.6 Å². The first-order valence-electron chi connectivity index (χ1n) is 10.9. The molecule has 2 aromatic carbocycles. The van der Waals surface area contributed by atoms with Crippen LogP contribution in [0, 0.1) is 5.92 Å². The smallest absolute Gasteiger partial charge is 0.261 e. The number of nitrogens with one attached hydrogen (secondary N) is 1. The molecule has 1 amide bonds. The molecule has 0 bridgehead atoms. The number of ether oxygens (including phenoxy) is 1. The molecule has 4 heteroatoms. The van der Waals surface area contributed by atoms with Crippen LogP contribution in [0.15, 0.2) is 48.5 Å². The number of amides is 1. The van der Waals surface area contributed by atoms with Gasteiger partial charge in [0, 0.05) is 18.8 Å². The molecule has 2 aromatic rings. The van der Waals surface area contributed by atoms with Crippen molar-refractivity contribution in [2.45, 2.75) is 59.1 Å². The van der Waals surface area contributed by atoms with Crippen LogP contribution in [0.25, 0.3) is 0 Å². The lowest BCUT2D eigenvalue weighted by atomic mass is 9.98. The molecule has 1 aliphatic rings. The minimum atomic E-state index is -0.542. The minimum absolute atomic E-state index is 0.0644. The molecule has 0 saturated carbocycles. The quantitative estimate of drug-likeness (QED) is 0.708. The Balaban J connectivity index is 1.56. The van der Waals surface area contributed by atoms with Crippen molar-refractivity contribution < 1.29 is 9.53 Å². The van der Waals surface area contributed by atoms with Gasteiger partial charge in [0.1, 0.15) is 5.75 Å². The Morgan fingerprint density at radius 3 is 2.41 bits per heavy atom. The average Bonchev–Trinajstić information content (AvgIpc) is 2.74. The molecule has 1 aliphatic heterocycles.